The van der Waals surface area contributed by atoms with Gasteiger partial charge in [-0.2, -0.15) is 8.42 Å². The fourth-order valence-corrected chi connectivity index (χ4v) is 3.92. The first kappa shape index (κ1) is 28.6. The quantitative estimate of drug-likeness (QED) is 0.211. The van der Waals surface area contributed by atoms with E-state index in [4.69, 9.17) is 4.55 Å². The van der Waals surface area contributed by atoms with Crippen LogP contribution in [0.5, 0.6) is 0 Å². The number of carbonyl (C=O) groups excluding carboxylic acids is 1. The predicted octanol–water partition coefficient (Wildman–Crippen LogP) is 1.12. The maximum absolute atomic E-state index is 10.9. The molecule has 1 N–H and O–H groups in total. The molecule has 0 aliphatic rings. The molecule has 0 heterocycles. The standard InChI is InChI=1S/C19H38O5S.Na/c1-2-3-4-5-6-7-8-9-10-11-12-13-14-15-16-18(19(20)21)17-25(22,23)24;/h18H,2-17H2,1H3,(H,20,21)(H,22,23,24);/q;+1/p-1. The van der Waals surface area contributed by atoms with Gasteiger partial charge in [0.1, 0.15) is 0 Å². The monoisotopic (exact) mass is 400 g/mol. The molecule has 0 aliphatic heterocycles. The SMILES string of the molecule is CCCCCCCCCCCCCCCCC(CS(=O)(=O)O)C(=O)[O-].[Na+]. The van der Waals surface area contributed by atoms with Crippen molar-refractivity contribution in [2.75, 3.05) is 5.75 Å². The molecule has 0 saturated heterocycles. The Bertz CT molecular complexity index is 426. The first-order valence-electron chi connectivity index (χ1n) is 10.0. The summed E-state index contributed by atoms with van der Waals surface area (Å²) in [4.78, 5) is 10.9. The largest absolute Gasteiger partial charge is 1.00 e. The molecule has 0 fully saturated rings. The Kier molecular flexibility index (Phi) is 20.6. The van der Waals surface area contributed by atoms with Gasteiger partial charge in [0.2, 0.25) is 0 Å². The van der Waals surface area contributed by atoms with Gasteiger partial charge in [-0.05, 0) is 6.42 Å². The van der Waals surface area contributed by atoms with Gasteiger partial charge in [0.15, 0.2) is 0 Å². The molecule has 1 atom stereocenters. The van der Waals surface area contributed by atoms with Crippen molar-refractivity contribution in [2.45, 2.75) is 103 Å². The van der Waals surface area contributed by atoms with Gasteiger partial charge in [-0.1, -0.05) is 96.8 Å². The number of carbonyl (C=O) groups is 1. The van der Waals surface area contributed by atoms with Gasteiger partial charge in [-0.3, -0.25) is 4.55 Å². The van der Waals surface area contributed by atoms with E-state index in [0.29, 0.717) is 6.42 Å². The van der Waals surface area contributed by atoms with Crippen LogP contribution in [0.3, 0.4) is 0 Å². The minimum atomic E-state index is -4.26. The summed E-state index contributed by atoms with van der Waals surface area (Å²) in [5, 5.41) is 10.9. The van der Waals surface area contributed by atoms with Crippen molar-refractivity contribution in [1.82, 2.24) is 0 Å². The van der Waals surface area contributed by atoms with E-state index >= 15 is 0 Å². The van der Waals surface area contributed by atoms with E-state index < -0.39 is 27.8 Å². The van der Waals surface area contributed by atoms with Crippen molar-refractivity contribution < 1.29 is 52.4 Å². The number of rotatable bonds is 18. The topological polar surface area (TPSA) is 94.5 Å². The Labute approximate surface area is 182 Å². The molecule has 7 heteroatoms. The third kappa shape index (κ3) is 20.7. The minimum absolute atomic E-state index is 0. The van der Waals surface area contributed by atoms with E-state index in [9.17, 15) is 18.3 Å². The van der Waals surface area contributed by atoms with Crippen molar-refractivity contribution in [3.05, 3.63) is 0 Å². The molecule has 0 aromatic heterocycles. The fourth-order valence-electron chi connectivity index (χ4n) is 3.11. The molecule has 0 saturated carbocycles. The molecule has 5 nitrogen and oxygen atoms in total. The van der Waals surface area contributed by atoms with Crippen LogP contribution in [0, 0.1) is 5.92 Å². The molecular weight excluding hydrogens is 363 g/mol. The summed E-state index contributed by atoms with van der Waals surface area (Å²) < 4.78 is 30.2. The molecule has 0 rings (SSSR count). The summed E-state index contributed by atoms with van der Waals surface area (Å²) in [7, 11) is -4.26. The zero-order chi connectivity index (χ0) is 19.0. The van der Waals surface area contributed by atoms with Gasteiger partial charge in [0.05, 0.1) is 5.75 Å². The number of unbranched alkanes of at least 4 members (excludes halogenated alkanes) is 13. The van der Waals surface area contributed by atoms with Gasteiger partial charge in [-0.15, -0.1) is 0 Å². The van der Waals surface area contributed by atoms with Crippen molar-refractivity contribution in [3.63, 3.8) is 0 Å². The number of hydrogen-bond acceptors (Lipinski definition) is 4. The van der Waals surface area contributed by atoms with Crippen LogP contribution in [-0.4, -0.2) is 24.7 Å². The van der Waals surface area contributed by atoms with Crippen LogP contribution >= 0.6 is 0 Å². The van der Waals surface area contributed by atoms with Crippen molar-refractivity contribution in [3.8, 4) is 0 Å². The van der Waals surface area contributed by atoms with Crippen LogP contribution in [0.2, 0.25) is 0 Å². The van der Waals surface area contributed by atoms with E-state index in [1.807, 2.05) is 0 Å². The Morgan fingerprint density at radius 2 is 1.15 bits per heavy atom. The van der Waals surface area contributed by atoms with Gasteiger partial charge in [0.25, 0.3) is 10.1 Å². The molecular formula is C19H37NaO5S. The van der Waals surface area contributed by atoms with E-state index in [1.54, 1.807) is 0 Å². The average molecular weight is 401 g/mol. The van der Waals surface area contributed by atoms with Gasteiger partial charge < -0.3 is 9.90 Å². The molecule has 0 amide bonds. The van der Waals surface area contributed by atoms with Crippen LogP contribution in [0.15, 0.2) is 0 Å². The smallest absolute Gasteiger partial charge is 0.550 e. The van der Waals surface area contributed by atoms with Crippen LogP contribution in [0.4, 0.5) is 0 Å². The Balaban J connectivity index is 0. The average Bonchev–Trinajstić information content (AvgIpc) is 2.52. The van der Waals surface area contributed by atoms with E-state index in [0.717, 1.165) is 19.3 Å². The molecule has 26 heavy (non-hydrogen) atoms. The summed E-state index contributed by atoms with van der Waals surface area (Å²) in [6.45, 7) is 2.24. The zero-order valence-electron chi connectivity index (χ0n) is 16.9. The summed E-state index contributed by atoms with van der Waals surface area (Å²) in [5.74, 6) is -3.24. The maximum atomic E-state index is 10.9. The normalized spacial score (nSPS) is 12.5. The molecule has 0 aromatic rings. The molecule has 0 spiro atoms. The fraction of sp³-hybridized carbons (Fsp3) is 0.947. The Morgan fingerprint density at radius 3 is 1.46 bits per heavy atom. The minimum Gasteiger partial charge on any atom is -0.550 e. The first-order chi connectivity index (χ1) is 11.9. The van der Waals surface area contributed by atoms with Crippen molar-refractivity contribution in [1.29, 1.82) is 0 Å². The zero-order valence-corrected chi connectivity index (χ0v) is 19.7. The molecule has 0 aromatic carbocycles. The van der Waals surface area contributed by atoms with Crippen molar-refractivity contribution in [2.24, 2.45) is 5.92 Å². The Morgan fingerprint density at radius 1 is 0.808 bits per heavy atom. The number of aliphatic carboxylic acids is 1. The molecule has 0 radical (unpaired) electrons. The van der Waals surface area contributed by atoms with Gasteiger partial charge in [-0.25, -0.2) is 0 Å². The van der Waals surface area contributed by atoms with E-state index in [2.05, 4.69) is 6.92 Å². The summed E-state index contributed by atoms with van der Waals surface area (Å²) in [5.41, 5.74) is 0. The van der Waals surface area contributed by atoms with Crippen molar-refractivity contribution >= 4 is 16.1 Å². The second-order valence-electron chi connectivity index (χ2n) is 7.15. The molecule has 1 unspecified atom stereocenters. The van der Waals surface area contributed by atoms with E-state index in [-0.39, 0.29) is 36.0 Å². The first-order valence-corrected chi connectivity index (χ1v) is 11.6. The van der Waals surface area contributed by atoms with E-state index in [1.165, 1.54) is 64.2 Å². The second kappa shape index (κ2) is 18.7. The van der Waals surface area contributed by atoms with Crippen LogP contribution < -0.4 is 34.7 Å². The summed E-state index contributed by atoms with van der Waals surface area (Å²) in [6, 6.07) is 0. The summed E-state index contributed by atoms with van der Waals surface area (Å²) in [6.07, 6.45) is 17.2. The second-order valence-corrected chi connectivity index (χ2v) is 8.65. The van der Waals surface area contributed by atoms with Crippen LogP contribution in [0.25, 0.3) is 0 Å². The van der Waals surface area contributed by atoms with Crippen LogP contribution in [0.1, 0.15) is 103 Å². The Hall–Kier alpha value is 0.380. The molecule has 0 aliphatic carbocycles. The van der Waals surface area contributed by atoms with Gasteiger partial charge >= 0.3 is 29.6 Å². The molecule has 150 valence electrons. The third-order valence-corrected chi connectivity index (χ3v) is 5.47. The number of hydrogen-bond donors (Lipinski definition) is 1. The predicted molar refractivity (Wildman–Crippen MR) is 99.8 cm³/mol. The number of carboxylic acid groups (broad SMARTS) is 1. The maximum Gasteiger partial charge on any atom is 1.00 e. The van der Waals surface area contributed by atoms with Crippen LogP contribution in [-0.2, 0) is 14.9 Å². The number of carboxylic acids is 1. The van der Waals surface area contributed by atoms with Gasteiger partial charge in [0, 0.05) is 11.9 Å². The third-order valence-electron chi connectivity index (χ3n) is 4.65. The summed E-state index contributed by atoms with van der Waals surface area (Å²) >= 11 is 0. The molecule has 0 bridgehead atoms.